The average Bonchev–Trinajstić information content (AvgIpc) is 2.42. The van der Waals surface area contributed by atoms with Crippen molar-refractivity contribution in [3.63, 3.8) is 0 Å². The van der Waals surface area contributed by atoms with E-state index in [4.69, 9.17) is 0 Å². The number of nitrogens with one attached hydrogen (secondary N) is 1. The van der Waals surface area contributed by atoms with Crippen LogP contribution in [0, 0.1) is 5.82 Å². The molecule has 0 bridgehead atoms. The predicted molar refractivity (Wildman–Crippen MR) is 77.5 cm³/mol. The third-order valence-corrected chi connectivity index (χ3v) is 3.33. The van der Waals surface area contributed by atoms with E-state index in [2.05, 4.69) is 21.2 Å². The molecule has 19 heavy (non-hydrogen) atoms. The SMILES string of the molecule is O=C(CCc1ccccc1)Nc1ccc(Br)c(F)c1. The average molecular weight is 322 g/mol. The second-order valence-corrected chi connectivity index (χ2v) is 5.02. The largest absolute Gasteiger partial charge is 0.326 e. The summed E-state index contributed by atoms with van der Waals surface area (Å²) in [6.45, 7) is 0. The molecule has 2 rings (SSSR count). The van der Waals surface area contributed by atoms with Crippen LogP contribution in [-0.4, -0.2) is 5.91 Å². The Labute approximate surface area is 119 Å². The first kappa shape index (κ1) is 13.7. The summed E-state index contributed by atoms with van der Waals surface area (Å²) < 4.78 is 13.7. The number of anilines is 1. The highest BCUT2D eigenvalue weighted by atomic mass is 79.9. The van der Waals surface area contributed by atoms with E-state index < -0.39 is 0 Å². The van der Waals surface area contributed by atoms with Crippen LogP contribution in [0.15, 0.2) is 53.0 Å². The van der Waals surface area contributed by atoms with Gasteiger partial charge in [-0.15, -0.1) is 0 Å². The highest BCUT2D eigenvalue weighted by Crippen LogP contribution is 2.19. The molecule has 2 aromatic rings. The Hall–Kier alpha value is -1.68. The quantitative estimate of drug-likeness (QED) is 0.900. The Morgan fingerprint density at radius 1 is 1.16 bits per heavy atom. The lowest BCUT2D eigenvalue weighted by Gasteiger charge is -2.06. The fourth-order valence-electron chi connectivity index (χ4n) is 1.70. The molecule has 1 N–H and O–H groups in total. The smallest absolute Gasteiger partial charge is 0.224 e. The summed E-state index contributed by atoms with van der Waals surface area (Å²) in [6.07, 6.45) is 1.05. The van der Waals surface area contributed by atoms with E-state index in [-0.39, 0.29) is 11.7 Å². The van der Waals surface area contributed by atoms with E-state index >= 15 is 0 Å². The topological polar surface area (TPSA) is 29.1 Å². The molecule has 2 nitrogen and oxygen atoms in total. The molecule has 0 aliphatic carbocycles. The van der Waals surface area contributed by atoms with Crippen molar-refractivity contribution < 1.29 is 9.18 Å². The monoisotopic (exact) mass is 321 g/mol. The summed E-state index contributed by atoms with van der Waals surface area (Å²) in [5, 5.41) is 2.68. The first-order valence-electron chi connectivity index (χ1n) is 5.94. The molecule has 0 fully saturated rings. The number of amides is 1. The molecular weight excluding hydrogens is 309 g/mol. The van der Waals surface area contributed by atoms with Crippen LogP contribution in [0.4, 0.5) is 10.1 Å². The molecule has 0 aromatic heterocycles. The highest BCUT2D eigenvalue weighted by molar-refractivity contribution is 9.10. The molecule has 98 valence electrons. The van der Waals surface area contributed by atoms with Crippen LogP contribution in [0.25, 0.3) is 0 Å². The van der Waals surface area contributed by atoms with Gasteiger partial charge in [-0.3, -0.25) is 4.79 Å². The second kappa shape index (κ2) is 6.48. The van der Waals surface area contributed by atoms with E-state index in [1.54, 1.807) is 12.1 Å². The summed E-state index contributed by atoms with van der Waals surface area (Å²) >= 11 is 3.07. The van der Waals surface area contributed by atoms with Gasteiger partial charge in [0.1, 0.15) is 5.82 Å². The van der Waals surface area contributed by atoms with E-state index in [1.807, 2.05) is 30.3 Å². The van der Waals surface area contributed by atoms with Crippen LogP contribution in [-0.2, 0) is 11.2 Å². The van der Waals surface area contributed by atoms with Crippen LogP contribution in [0.5, 0.6) is 0 Å². The minimum Gasteiger partial charge on any atom is -0.326 e. The van der Waals surface area contributed by atoms with Crippen LogP contribution < -0.4 is 5.32 Å². The van der Waals surface area contributed by atoms with Gasteiger partial charge >= 0.3 is 0 Å². The number of hydrogen-bond donors (Lipinski definition) is 1. The number of carbonyl (C=O) groups excluding carboxylic acids is 1. The lowest BCUT2D eigenvalue weighted by Crippen LogP contribution is -2.12. The number of benzene rings is 2. The third kappa shape index (κ3) is 4.17. The first-order valence-corrected chi connectivity index (χ1v) is 6.73. The maximum absolute atomic E-state index is 13.3. The van der Waals surface area contributed by atoms with Crippen LogP contribution >= 0.6 is 15.9 Å². The summed E-state index contributed by atoms with van der Waals surface area (Å²) in [5.41, 5.74) is 1.58. The van der Waals surface area contributed by atoms with Gasteiger partial charge in [0.05, 0.1) is 4.47 Å². The van der Waals surface area contributed by atoms with Crippen molar-refractivity contribution in [2.75, 3.05) is 5.32 Å². The van der Waals surface area contributed by atoms with Crippen molar-refractivity contribution >= 4 is 27.5 Å². The first-order chi connectivity index (χ1) is 9.15. The molecule has 0 saturated heterocycles. The van der Waals surface area contributed by atoms with Crippen LogP contribution in [0.1, 0.15) is 12.0 Å². The van der Waals surface area contributed by atoms with Gasteiger partial charge in [-0.05, 0) is 46.1 Å². The number of halogens is 2. The van der Waals surface area contributed by atoms with Gasteiger partial charge in [-0.1, -0.05) is 30.3 Å². The molecular formula is C15H13BrFNO. The fraction of sp³-hybridized carbons (Fsp3) is 0.133. The van der Waals surface area contributed by atoms with Crippen molar-refractivity contribution in [3.05, 3.63) is 64.4 Å². The van der Waals surface area contributed by atoms with Crippen molar-refractivity contribution in [3.8, 4) is 0 Å². The van der Waals surface area contributed by atoms with Gasteiger partial charge < -0.3 is 5.32 Å². The molecule has 0 saturated carbocycles. The number of aryl methyl sites for hydroxylation is 1. The van der Waals surface area contributed by atoms with Crippen molar-refractivity contribution in [2.24, 2.45) is 0 Å². The molecule has 0 heterocycles. The second-order valence-electron chi connectivity index (χ2n) is 4.16. The van der Waals surface area contributed by atoms with E-state index in [1.165, 1.54) is 6.07 Å². The minimum absolute atomic E-state index is 0.120. The maximum Gasteiger partial charge on any atom is 0.224 e. The Morgan fingerprint density at radius 2 is 1.89 bits per heavy atom. The molecule has 1 amide bonds. The maximum atomic E-state index is 13.3. The molecule has 0 unspecified atom stereocenters. The van der Waals surface area contributed by atoms with Gasteiger partial charge in [0, 0.05) is 12.1 Å². The number of carbonyl (C=O) groups is 1. The van der Waals surface area contributed by atoms with Gasteiger partial charge in [-0.2, -0.15) is 0 Å². The van der Waals surface area contributed by atoms with Gasteiger partial charge in [0.15, 0.2) is 0 Å². The highest BCUT2D eigenvalue weighted by Gasteiger charge is 2.05. The Kier molecular flexibility index (Phi) is 4.68. The Morgan fingerprint density at radius 3 is 2.58 bits per heavy atom. The van der Waals surface area contributed by atoms with Crippen LogP contribution in [0.3, 0.4) is 0 Å². The summed E-state index contributed by atoms with van der Waals surface area (Å²) in [5.74, 6) is -0.508. The molecule has 2 aromatic carbocycles. The zero-order chi connectivity index (χ0) is 13.7. The van der Waals surface area contributed by atoms with E-state index in [0.717, 1.165) is 5.56 Å². The number of hydrogen-bond acceptors (Lipinski definition) is 1. The van der Waals surface area contributed by atoms with Crippen molar-refractivity contribution in [2.45, 2.75) is 12.8 Å². The summed E-state index contributed by atoms with van der Waals surface area (Å²) in [4.78, 5) is 11.7. The van der Waals surface area contributed by atoms with Gasteiger partial charge in [-0.25, -0.2) is 4.39 Å². The standard InChI is InChI=1S/C15H13BrFNO/c16-13-8-7-12(10-14(13)17)18-15(19)9-6-11-4-2-1-3-5-11/h1-5,7-8,10H,6,9H2,(H,18,19). The minimum atomic E-state index is -0.388. The Bertz CT molecular complexity index is 572. The molecule has 0 aliphatic heterocycles. The molecule has 0 aliphatic rings. The lowest BCUT2D eigenvalue weighted by molar-refractivity contribution is -0.116. The normalized spacial score (nSPS) is 10.2. The summed E-state index contributed by atoms with van der Waals surface area (Å²) in [7, 11) is 0. The predicted octanol–water partition coefficient (Wildman–Crippen LogP) is 4.16. The van der Waals surface area contributed by atoms with Crippen molar-refractivity contribution in [1.82, 2.24) is 0 Å². The van der Waals surface area contributed by atoms with E-state index in [0.29, 0.717) is 23.0 Å². The molecule has 0 spiro atoms. The zero-order valence-electron chi connectivity index (χ0n) is 10.2. The van der Waals surface area contributed by atoms with Crippen molar-refractivity contribution in [1.29, 1.82) is 0 Å². The Balaban J connectivity index is 1.89. The summed E-state index contributed by atoms with van der Waals surface area (Å²) in [6, 6.07) is 14.3. The lowest BCUT2D eigenvalue weighted by atomic mass is 10.1. The van der Waals surface area contributed by atoms with Gasteiger partial charge in [0.25, 0.3) is 0 Å². The zero-order valence-corrected chi connectivity index (χ0v) is 11.8. The van der Waals surface area contributed by atoms with Crippen LogP contribution in [0.2, 0.25) is 0 Å². The molecule has 0 radical (unpaired) electrons. The van der Waals surface area contributed by atoms with E-state index in [9.17, 15) is 9.18 Å². The number of rotatable bonds is 4. The molecule has 0 atom stereocenters. The van der Waals surface area contributed by atoms with Gasteiger partial charge in [0.2, 0.25) is 5.91 Å². The third-order valence-electron chi connectivity index (χ3n) is 2.69. The molecule has 4 heteroatoms. The fourth-order valence-corrected chi connectivity index (χ4v) is 1.95.